The molecule has 0 saturated carbocycles. The molecule has 3 rings (SSSR count). The highest BCUT2D eigenvalue weighted by atomic mass is 35.5. The first-order valence-corrected chi connectivity index (χ1v) is 8.40. The van der Waals surface area contributed by atoms with Gasteiger partial charge >= 0.3 is 0 Å². The molecule has 3 aromatic rings. The van der Waals surface area contributed by atoms with Crippen molar-refractivity contribution >= 4 is 29.2 Å². The van der Waals surface area contributed by atoms with Crippen LogP contribution in [-0.2, 0) is 11.4 Å². The van der Waals surface area contributed by atoms with Crippen molar-refractivity contribution in [1.29, 1.82) is 0 Å². The number of aldehydes is 1. The summed E-state index contributed by atoms with van der Waals surface area (Å²) < 4.78 is 5.92. The van der Waals surface area contributed by atoms with Crippen LogP contribution in [0.15, 0.2) is 66.0 Å². The van der Waals surface area contributed by atoms with Crippen molar-refractivity contribution in [3.05, 3.63) is 76.6 Å². The van der Waals surface area contributed by atoms with E-state index in [0.29, 0.717) is 6.61 Å². The van der Waals surface area contributed by atoms with E-state index >= 15 is 0 Å². The topological polar surface area (TPSA) is 26.3 Å². The smallest absolute Gasteiger partial charge is 0.138 e. The molecule has 0 aliphatic rings. The van der Waals surface area contributed by atoms with Crippen LogP contribution < -0.4 is 4.74 Å². The molecule has 2 aromatic carbocycles. The van der Waals surface area contributed by atoms with Crippen molar-refractivity contribution in [2.24, 2.45) is 0 Å². The van der Waals surface area contributed by atoms with Crippen LogP contribution in [0.2, 0.25) is 5.02 Å². The van der Waals surface area contributed by atoms with Gasteiger partial charge in [0.05, 0.1) is 4.88 Å². The molecule has 1 aromatic heterocycles. The Labute approximate surface area is 145 Å². The predicted molar refractivity (Wildman–Crippen MR) is 97.3 cm³/mol. The normalized spacial score (nSPS) is 9.65. The molecule has 118 valence electrons. The van der Waals surface area contributed by atoms with Gasteiger partial charge in [-0.25, -0.2) is 0 Å². The molecule has 0 radical (unpaired) electrons. The second-order valence-corrected chi connectivity index (χ2v) is 5.99. The standard InChI is InChI=1S/C17H13ClOS.C2H4O/c18-15-8-4-7-14(11-15)17-16(9-10-20-17)19-12-13-5-2-1-3-6-13;1-2-3/h1-11H,12H2;2H,1H3. The minimum Gasteiger partial charge on any atom is -0.487 e. The Morgan fingerprint density at radius 1 is 1.09 bits per heavy atom. The summed E-state index contributed by atoms with van der Waals surface area (Å²) in [4.78, 5) is 9.92. The van der Waals surface area contributed by atoms with E-state index in [0.717, 1.165) is 33.1 Å². The zero-order valence-electron chi connectivity index (χ0n) is 12.7. The first-order valence-electron chi connectivity index (χ1n) is 7.14. The fraction of sp³-hybridized carbons (Fsp3) is 0.105. The number of ether oxygens (including phenoxy) is 1. The minimum absolute atomic E-state index is 0.575. The Morgan fingerprint density at radius 2 is 1.83 bits per heavy atom. The van der Waals surface area contributed by atoms with Crippen LogP contribution >= 0.6 is 22.9 Å². The molecule has 0 unspecified atom stereocenters. The lowest BCUT2D eigenvalue weighted by Gasteiger charge is -2.07. The van der Waals surface area contributed by atoms with Crippen LogP contribution in [-0.4, -0.2) is 6.29 Å². The molecule has 1 heterocycles. The summed E-state index contributed by atoms with van der Waals surface area (Å²) in [7, 11) is 0. The van der Waals surface area contributed by atoms with Crippen molar-refractivity contribution in [2.45, 2.75) is 13.5 Å². The van der Waals surface area contributed by atoms with Gasteiger partial charge in [0.1, 0.15) is 18.6 Å². The molecule has 0 bridgehead atoms. The highest BCUT2D eigenvalue weighted by Gasteiger charge is 2.08. The molecule has 0 N–H and O–H groups in total. The van der Waals surface area contributed by atoms with Gasteiger partial charge in [0.15, 0.2) is 0 Å². The number of halogens is 1. The van der Waals surface area contributed by atoms with Gasteiger partial charge in [0.2, 0.25) is 0 Å². The monoisotopic (exact) mass is 344 g/mol. The molecule has 2 nitrogen and oxygen atoms in total. The molecule has 0 saturated heterocycles. The third-order valence-electron chi connectivity index (χ3n) is 2.95. The fourth-order valence-corrected chi connectivity index (χ4v) is 3.01. The lowest BCUT2D eigenvalue weighted by molar-refractivity contribution is -0.106. The maximum atomic E-state index is 8.81. The van der Waals surface area contributed by atoms with Gasteiger partial charge in [-0.1, -0.05) is 54.1 Å². The second kappa shape index (κ2) is 9.13. The van der Waals surface area contributed by atoms with Crippen molar-refractivity contribution in [1.82, 2.24) is 0 Å². The molecule has 0 fully saturated rings. The summed E-state index contributed by atoms with van der Waals surface area (Å²) in [6, 6.07) is 20.0. The quantitative estimate of drug-likeness (QED) is 0.555. The molecule has 0 spiro atoms. The van der Waals surface area contributed by atoms with Crippen LogP contribution in [0.25, 0.3) is 10.4 Å². The number of carbonyl (C=O) groups excluding carboxylic acids is 1. The molecule has 0 aliphatic heterocycles. The van der Waals surface area contributed by atoms with Crippen LogP contribution in [0.5, 0.6) is 5.75 Å². The van der Waals surface area contributed by atoms with E-state index < -0.39 is 0 Å². The number of benzene rings is 2. The van der Waals surface area contributed by atoms with E-state index in [1.807, 2.05) is 53.9 Å². The van der Waals surface area contributed by atoms with Gasteiger partial charge in [0, 0.05) is 5.02 Å². The summed E-state index contributed by atoms with van der Waals surface area (Å²) in [6.45, 7) is 2.02. The van der Waals surface area contributed by atoms with Crippen molar-refractivity contribution in [2.75, 3.05) is 0 Å². The number of thiophene rings is 1. The van der Waals surface area contributed by atoms with E-state index in [4.69, 9.17) is 21.1 Å². The Morgan fingerprint density at radius 3 is 2.52 bits per heavy atom. The van der Waals surface area contributed by atoms with Gasteiger partial charge in [-0.05, 0) is 41.6 Å². The van der Waals surface area contributed by atoms with E-state index in [2.05, 4.69) is 12.1 Å². The fourth-order valence-electron chi connectivity index (χ4n) is 1.99. The molecule has 4 heteroatoms. The largest absolute Gasteiger partial charge is 0.487 e. The Kier molecular flexibility index (Phi) is 6.85. The zero-order chi connectivity index (χ0) is 16.5. The van der Waals surface area contributed by atoms with Crippen LogP contribution in [0, 0.1) is 0 Å². The van der Waals surface area contributed by atoms with Crippen molar-refractivity contribution in [3.8, 4) is 16.2 Å². The third kappa shape index (κ3) is 5.23. The van der Waals surface area contributed by atoms with E-state index in [9.17, 15) is 0 Å². The number of carbonyl (C=O) groups is 1. The SMILES string of the molecule is CC=O.Clc1cccc(-c2sccc2OCc2ccccc2)c1. The average molecular weight is 345 g/mol. The lowest BCUT2D eigenvalue weighted by Crippen LogP contribution is -1.94. The summed E-state index contributed by atoms with van der Waals surface area (Å²) in [5, 5.41) is 2.78. The third-order valence-corrected chi connectivity index (χ3v) is 4.13. The number of hydrogen-bond donors (Lipinski definition) is 0. The summed E-state index contributed by atoms with van der Waals surface area (Å²) in [5.74, 6) is 0.904. The van der Waals surface area contributed by atoms with E-state index in [1.165, 1.54) is 6.92 Å². The molecule has 0 atom stereocenters. The summed E-state index contributed by atoms with van der Waals surface area (Å²) >= 11 is 7.71. The predicted octanol–water partition coefficient (Wildman–Crippen LogP) is 5.85. The average Bonchev–Trinajstić information content (AvgIpc) is 3.03. The first-order chi connectivity index (χ1) is 11.2. The van der Waals surface area contributed by atoms with Crippen LogP contribution in [0.4, 0.5) is 0 Å². The number of hydrogen-bond acceptors (Lipinski definition) is 3. The molecule has 0 amide bonds. The number of rotatable bonds is 4. The van der Waals surface area contributed by atoms with Crippen LogP contribution in [0.3, 0.4) is 0 Å². The minimum atomic E-state index is 0.575. The van der Waals surface area contributed by atoms with E-state index in [-0.39, 0.29) is 0 Å². The molecular weight excluding hydrogens is 328 g/mol. The van der Waals surface area contributed by atoms with E-state index in [1.54, 1.807) is 11.3 Å². The van der Waals surface area contributed by atoms with Gasteiger partial charge < -0.3 is 9.53 Å². The highest BCUT2D eigenvalue weighted by molar-refractivity contribution is 7.14. The Bertz CT molecular complexity index is 738. The van der Waals surface area contributed by atoms with Crippen molar-refractivity contribution < 1.29 is 9.53 Å². The van der Waals surface area contributed by atoms with Gasteiger partial charge in [-0.3, -0.25) is 0 Å². The van der Waals surface area contributed by atoms with Crippen molar-refractivity contribution in [3.63, 3.8) is 0 Å². The Hall–Kier alpha value is -2.10. The maximum absolute atomic E-state index is 8.81. The summed E-state index contributed by atoms with van der Waals surface area (Å²) in [6.07, 6.45) is 0.750. The summed E-state index contributed by atoms with van der Waals surface area (Å²) in [5.41, 5.74) is 2.26. The van der Waals surface area contributed by atoms with Crippen LogP contribution in [0.1, 0.15) is 12.5 Å². The van der Waals surface area contributed by atoms with Gasteiger partial charge in [-0.2, -0.15) is 0 Å². The molecular formula is C19H17ClO2S. The Balaban J connectivity index is 0.000000595. The zero-order valence-corrected chi connectivity index (χ0v) is 14.3. The maximum Gasteiger partial charge on any atom is 0.138 e. The van der Waals surface area contributed by atoms with Gasteiger partial charge in [-0.15, -0.1) is 11.3 Å². The molecule has 23 heavy (non-hydrogen) atoms. The first kappa shape index (κ1) is 17.3. The van der Waals surface area contributed by atoms with Gasteiger partial charge in [0.25, 0.3) is 0 Å². The highest BCUT2D eigenvalue weighted by Crippen LogP contribution is 2.36. The molecule has 0 aliphatic carbocycles. The lowest BCUT2D eigenvalue weighted by atomic mass is 10.2. The second-order valence-electron chi connectivity index (χ2n) is 4.63.